The highest BCUT2D eigenvalue weighted by Gasteiger charge is 2.43. The highest BCUT2D eigenvalue weighted by atomic mass is 15.2. The molecule has 2 nitrogen and oxygen atoms in total. The van der Waals surface area contributed by atoms with E-state index in [1.54, 1.807) is 0 Å². The van der Waals surface area contributed by atoms with Crippen LogP contribution in [0.15, 0.2) is 0 Å². The van der Waals surface area contributed by atoms with Gasteiger partial charge in [-0.2, -0.15) is 0 Å². The zero-order valence-corrected chi connectivity index (χ0v) is 14.8. The van der Waals surface area contributed by atoms with Crippen LogP contribution in [-0.2, 0) is 0 Å². The molecule has 0 aromatic rings. The van der Waals surface area contributed by atoms with E-state index in [9.17, 15) is 0 Å². The summed E-state index contributed by atoms with van der Waals surface area (Å²) in [5.74, 6) is 1.95. The maximum absolute atomic E-state index is 3.84. The van der Waals surface area contributed by atoms with E-state index < -0.39 is 0 Å². The molecule has 21 heavy (non-hydrogen) atoms. The van der Waals surface area contributed by atoms with Crippen LogP contribution >= 0.6 is 0 Å². The number of piperidine rings is 1. The van der Waals surface area contributed by atoms with E-state index in [0.29, 0.717) is 5.41 Å². The molecule has 0 spiro atoms. The first kappa shape index (κ1) is 15.8. The number of likely N-dealkylation sites (tertiary alicyclic amines) is 1. The second-order valence-corrected chi connectivity index (χ2v) is 9.57. The lowest BCUT2D eigenvalue weighted by atomic mass is 9.69. The number of rotatable bonds is 4. The van der Waals surface area contributed by atoms with E-state index in [0.717, 1.165) is 17.9 Å². The summed E-state index contributed by atoms with van der Waals surface area (Å²) in [6.45, 7) is 13.4. The van der Waals surface area contributed by atoms with Crippen molar-refractivity contribution < 1.29 is 0 Å². The van der Waals surface area contributed by atoms with Gasteiger partial charge in [-0.05, 0) is 70.1 Å². The highest BCUT2D eigenvalue weighted by Crippen LogP contribution is 2.44. The number of hydrogen-bond donors (Lipinski definition) is 1. The topological polar surface area (TPSA) is 15.3 Å². The molecule has 2 aliphatic carbocycles. The molecular formula is C19H36N2. The van der Waals surface area contributed by atoms with Gasteiger partial charge in [-0.15, -0.1) is 0 Å². The minimum Gasteiger partial charge on any atom is -0.311 e. The summed E-state index contributed by atoms with van der Waals surface area (Å²) < 4.78 is 0. The van der Waals surface area contributed by atoms with Gasteiger partial charge < -0.3 is 5.32 Å². The molecule has 0 radical (unpaired) electrons. The van der Waals surface area contributed by atoms with Crippen molar-refractivity contribution in [1.82, 2.24) is 10.2 Å². The molecule has 1 aliphatic heterocycles. The van der Waals surface area contributed by atoms with E-state index in [-0.39, 0.29) is 5.54 Å². The van der Waals surface area contributed by atoms with E-state index in [2.05, 4.69) is 37.9 Å². The molecule has 0 amide bonds. The van der Waals surface area contributed by atoms with Crippen molar-refractivity contribution in [1.29, 1.82) is 0 Å². The van der Waals surface area contributed by atoms with Gasteiger partial charge in [-0.25, -0.2) is 0 Å². The fraction of sp³-hybridized carbons (Fsp3) is 1.00. The molecule has 2 heteroatoms. The van der Waals surface area contributed by atoms with Gasteiger partial charge >= 0.3 is 0 Å². The molecule has 0 aromatic heterocycles. The molecule has 4 atom stereocenters. The SMILES string of the molecule is CC1CCCC(CNC(C)(C)C)(CN2CC3CCC2C3)C1. The summed E-state index contributed by atoms with van der Waals surface area (Å²) in [4.78, 5) is 2.87. The van der Waals surface area contributed by atoms with Crippen LogP contribution < -0.4 is 5.32 Å². The molecule has 1 saturated heterocycles. The second-order valence-electron chi connectivity index (χ2n) is 9.57. The molecule has 1 heterocycles. The molecule has 122 valence electrons. The highest BCUT2D eigenvalue weighted by molar-refractivity contribution is 4.98. The molecule has 3 aliphatic rings. The maximum Gasteiger partial charge on any atom is 0.00988 e. The first-order valence-electron chi connectivity index (χ1n) is 9.34. The number of nitrogens with one attached hydrogen (secondary N) is 1. The summed E-state index contributed by atoms with van der Waals surface area (Å²) in [7, 11) is 0. The third-order valence-corrected chi connectivity index (χ3v) is 6.24. The Morgan fingerprint density at radius 2 is 2.00 bits per heavy atom. The van der Waals surface area contributed by atoms with Gasteiger partial charge in [-0.3, -0.25) is 4.90 Å². The lowest BCUT2D eigenvalue weighted by Crippen LogP contribution is -2.51. The number of nitrogens with zero attached hydrogens (tertiary/aromatic N) is 1. The standard InChI is InChI=1S/C19H36N2/c1-15-6-5-9-19(11-15,13-20-18(2,3)4)14-21-12-16-7-8-17(21)10-16/h15-17,20H,5-14H2,1-4H3. The fourth-order valence-electron chi connectivity index (χ4n) is 5.23. The summed E-state index contributed by atoms with van der Waals surface area (Å²) in [5.41, 5.74) is 0.785. The van der Waals surface area contributed by atoms with E-state index in [4.69, 9.17) is 0 Å². The average molecular weight is 293 g/mol. The van der Waals surface area contributed by atoms with Crippen LogP contribution in [0.25, 0.3) is 0 Å². The lowest BCUT2D eigenvalue weighted by molar-refractivity contribution is 0.0592. The van der Waals surface area contributed by atoms with Crippen molar-refractivity contribution in [2.75, 3.05) is 19.6 Å². The van der Waals surface area contributed by atoms with E-state index in [1.807, 2.05) is 0 Å². The molecule has 4 unspecified atom stereocenters. The van der Waals surface area contributed by atoms with Crippen LogP contribution in [-0.4, -0.2) is 36.1 Å². The number of fused-ring (bicyclic) bond motifs is 2. The zero-order valence-electron chi connectivity index (χ0n) is 14.8. The number of hydrogen-bond acceptors (Lipinski definition) is 2. The van der Waals surface area contributed by atoms with Crippen molar-refractivity contribution in [3.05, 3.63) is 0 Å². The van der Waals surface area contributed by atoms with Gasteiger partial charge in [0.1, 0.15) is 0 Å². The summed E-state index contributed by atoms with van der Waals surface area (Å²) in [5, 5.41) is 3.84. The smallest absolute Gasteiger partial charge is 0.00988 e. The summed E-state index contributed by atoms with van der Waals surface area (Å²) in [6, 6.07) is 0.929. The van der Waals surface area contributed by atoms with E-state index in [1.165, 1.54) is 64.6 Å². The molecule has 2 bridgehead atoms. The van der Waals surface area contributed by atoms with Gasteiger partial charge in [0.15, 0.2) is 0 Å². The van der Waals surface area contributed by atoms with Crippen LogP contribution in [0.4, 0.5) is 0 Å². The molecule has 3 fully saturated rings. The van der Waals surface area contributed by atoms with Crippen molar-refractivity contribution in [3.8, 4) is 0 Å². The average Bonchev–Trinajstić information content (AvgIpc) is 2.98. The summed E-state index contributed by atoms with van der Waals surface area (Å²) in [6.07, 6.45) is 10.2. The van der Waals surface area contributed by atoms with Crippen molar-refractivity contribution in [2.45, 2.75) is 84.2 Å². The Morgan fingerprint density at radius 1 is 1.19 bits per heavy atom. The van der Waals surface area contributed by atoms with Gasteiger partial charge in [0, 0.05) is 31.2 Å². The summed E-state index contributed by atoms with van der Waals surface area (Å²) >= 11 is 0. The Bertz CT molecular complexity index is 359. The Morgan fingerprint density at radius 3 is 2.57 bits per heavy atom. The van der Waals surface area contributed by atoms with Crippen LogP contribution in [0.5, 0.6) is 0 Å². The maximum atomic E-state index is 3.84. The van der Waals surface area contributed by atoms with Gasteiger partial charge in [-0.1, -0.05) is 19.8 Å². The van der Waals surface area contributed by atoms with Crippen LogP contribution in [0, 0.1) is 17.3 Å². The van der Waals surface area contributed by atoms with Gasteiger partial charge in [0.05, 0.1) is 0 Å². The first-order valence-corrected chi connectivity index (χ1v) is 9.34. The second kappa shape index (κ2) is 5.85. The minimum atomic E-state index is 0.248. The monoisotopic (exact) mass is 292 g/mol. The Hall–Kier alpha value is -0.0800. The fourth-order valence-corrected chi connectivity index (χ4v) is 5.23. The van der Waals surface area contributed by atoms with E-state index >= 15 is 0 Å². The van der Waals surface area contributed by atoms with Crippen LogP contribution in [0.2, 0.25) is 0 Å². The largest absolute Gasteiger partial charge is 0.311 e. The molecular weight excluding hydrogens is 256 g/mol. The molecule has 0 aromatic carbocycles. The molecule has 1 N–H and O–H groups in total. The Balaban J connectivity index is 1.66. The minimum absolute atomic E-state index is 0.248. The first-order chi connectivity index (χ1) is 9.85. The van der Waals surface area contributed by atoms with Crippen LogP contribution in [0.3, 0.4) is 0 Å². The van der Waals surface area contributed by atoms with Crippen LogP contribution in [0.1, 0.15) is 72.6 Å². The predicted molar refractivity (Wildman–Crippen MR) is 90.5 cm³/mol. The Labute approximate surface area is 132 Å². The Kier molecular flexibility index (Phi) is 4.40. The molecule has 3 rings (SSSR count). The van der Waals surface area contributed by atoms with Crippen molar-refractivity contribution in [2.24, 2.45) is 17.3 Å². The molecule has 2 saturated carbocycles. The van der Waals surface area contributed by atoms with Gasteiger partial charge in [0.25, 0.3) is 0 Å². The predicted octanol–water partition coefficient (Wildman–Crippen LogP) is 4.06. The van der Waals surface area contributed by atoms with Crippen molar-refractivity contribution >= 4 is 0 Å². The normalized spacial score (nSPS) is 40.9. The van der Waals surface area contributed by atoms with Crippen molar-refractivity contribution in [3.63, 3.8) is 0 Å². The third-order valence-electron chi connectivity index (χ3n) is 6.24. The third kappa shape index (κ3) is 3.82. The lowest BCUT2D eigenvalue weighted by Gasteiger charge is -2.46. The zero-order chi connectivity index (χ0) is 15.1. The van der Waals surface area contributed by atoms with Gasteiger partial charge in [0.2, 0.25) is 0 Å². The quantitative estimate of drug-likeness (QED) is 0.841.